The van der Waals surface area contributed by atoms with Gasteiger partial charge in [0, 0.05) is 16.2 Å². The number of hydrogen-bond acceptors (Lipinski definition) is 2. The van der Waals surface area contributed by atoms with E-state index in [-0.39, 0.29) is 11.8 Å². The maximum atomic E-state index is 12.1. The lowest BCUT2D eigenvalue weighted by Gasteiger charge is -2.16. The van der Waals surface area contributed by atoms with E-state index in [0.29, 0.717) is 0 Å². The second-order valence-electron chi connectivity index (χ2n) is 4.49. The second-order valence-corrected chi connectivity index (χ2v) is 5.41. The molecule has 0 aliphatic heterocycles. The summed E-state index contributed by atoms with van der Waals surface area (Å²) in [5.74, 6) is -0.233. The van der Waals surface area contributed by atoms with Crippen LogP contribution in [0, 0.1) is 0 Å². The van der Waals surface area contributed by atoms with Crippen LogP contribution in [0.4, 0.5) is 18.9 Å². The zero-order chi connectivity index (χ0) is 15.5. The zero-order valence-electron chi connectivity index (χ0n) is 11.1. The van der Waals surface area contributed by atoms with Gasteiger partial charge in [0.15, 0.2) is 0 Å². The molecular weight excluding hydrogens is 347 g/mol. The Hall–Kier alpha value is -1.69. The maximum absolute atomic E-state index is 12.1. The highest BCUT2D eigenvalue weighted by Gasteiger charge is 2.30. The average molecular weight is 360 g/mol. The van der Waals surface area contributed by atoms with Crippen LogP contribution in [0.2, 0.25) is 0 Å². The molecule has 6 heteroatoms. The molecule has 21 heavy (non-hydrogen) atoms. The fourth-order valence-electron chi connectivity index (χ4n) is 1.86. The van der Waals surface area contributed by atoms with Crippen LogP contribution >= 0.6 is 15.9 Å². The highest BCUT2D eigenvalue weighted by molar-refractivity contribution is 9.10. The van der Waals surface area contributed by atoms with Gasteiger partial charge in [-0.25, -0.2) is 0 Å². The molecule has 0 radical (unpaired) electrons. The van der Waals surface area contributed by atoms with Crippen molar-refractivity contribution in [2.24, 2.45) is 0 Å². The van der Waals surface area contributed by atoms with Crippen molar-refractivity contribution in [3.8, 4) is 5.75 Å². The molecular formula is C15H13BrF3NO. The third-order valence-electron chi connectivity index (χ3n) is 2.82. The van der Waals surface area contributed by atoms with Crippen LogP contribution in [-0.2, 0) is 0 Å². The Bertz CT molecular complexity index is 599. The van der Waals surface area contributed by atoms with Crippen molar-refractivity contribution < 1.29 is 17.9 Å². The fraction of sp³-hybridized carbons (Fsp3) is 0.200. The number of ether oxygens (including phenoxy) is 1. The van der Waals surface area contributed by atoms with Crippen molar-refractivity contribution in [2.75, 3.05) is 5.32 Å². The van der Waals surface area contributed by atoms with Crippen LogP contribution in [0.25, 0.3) is 0 Å². The van der Waals surface area contributed by atoms with Crippen molar-refractivity contribution in [1.82, 2.24) is 0 Å². The molecule has 0 aliphatic carbocycles. The van der Waals surface area contributed by atoms with E-state index in [4.69, 9.17) is 0 Å². The minimum absolute atomic E-state index is 0.0249. The summed E-state index contributed by atoms with van der Waals surface area (Å²) in [6.45, 7) is 1.97. The quantitative estimate of drug-likeness (QED) is 0.775. The molecule has 0 fully saturated rings. The van der Waals surface area contributed by atoms with Crippen molar-refractivity contribution in [1.29, 1.82) is 0 Å². The zero-order valence-corrected chi connectivity index (χ0v) is 12.7. The predicted molar refractivity (Wildman–Crippen MR) is 79.3 cm³/mol. The third-order valence-corrected chi connectivity index (χ3v) is 3.31. The monoisotopic (exact) mass is 359 g/mol. The van der Waals surface area contributed by atoms with Crippen molar-refractivity contribution in [3.63, 3.8) is 0 Å². The largest absolute Gasteiger partial charge is 0.573 e. The van der Waals surface area contributed by atoms with Crippen LogP contribution in [0.3, 0.4) is 0 Å². The lowest BCUT2D eigenvalue weighted by molar-refractivity contribution is -0.274. The molecule has 2 aromatic rings. The number of nitrogens with one attached hydrogen (secondary N) is 1. The Kier molecular flexibility index (Phi) is 4.77. The molecule has 2 nitrogen and oxygen atoms in total. The van der Waals surface area contributed by atoms with Crippen molar-refractivity contribution in [3.05, 3.63) is 58.6 Å². The van der Waals surface area contributed by atoms with Crippen LogP contribution in [0.1, 0.15) is 18.5 Å². The van der Waals surface area contributed by atoms with E-state index >= 15 is 0 Å². The normalized spacial score (nSPS) is 12.8. The van der Waals surface area contributed by atoms with Crippen molar-refractivity contribution >= 4 is 21.6 Å². The molecule has 0 spiro atoms. The number of benzene rings is 2. The van der Waals surface area contributed by atoms with Gasteiger partial charge in [-0.2, -0.15) is 0 Å². The molecule has 0 bridgehead atoms. The molecule has 0 heterocycles. The molecule has 0 aliphatic rings. The topological polar surface area (TPSA) is 21.3 Å². The first-order valence-corrected chi connectivity index (χ1v) is 7.00. The first-order chi connectivity index (χ1) is 9.83. The van der Waals surface area contributed by atoms with Gasteiger partial charge < -0.3 is 10.1 Å². The minimum Gasteiger partial charge on any atom is -0.406 e. The van der Waals surface area contributed by atoms with Crippen LogP contribution in [-0.4, -0.2) is 6.36 Å². The van der Waals surface area contributed by atoms with Gasteiger partial charge in [-0.3, -0.25) is 0 Å². The number of alkyl halides is 3. The van der Waals surface area contributed by atoms with E-state index in [1.807, 2.05) is 31.2 Å². The maximum Gasteiger partial charge on any atom is 0.573 e. The molecule has 0 saturated carbocycles. The number of halogens is 4. The van der Waals surface area contributed by atoms with Gasteiger partial charge in [0.05, 0.1) is 0 Å². The Morgan fingerprint density at radius 1 is 1.10 bits per heavy atom. The van der Waals surface area contributed by atoms with Crippen molar-refractivity contribution in [2.45, 2.75) is 19.3 Å². The van der Waals surface area contributed by atoms with E-state index in [1.54, 1.807) is 12.1 Å². The van der Waals surface area contributed by atoms with Crippen LogP contribution in [0.5, 0.6) is 5.75 Å². The lowest BCUT2D eigenvalue weighted by Crippen LogP contribution is -2.17. The van der Waals surface area contributed by atoms with Gasteiger partial charge in [0.2, 0.25) is 0 Å². The molecule has 1 N–H and O–H groups in total. The average Bonchev–Trinajstić information content (AvgIpc) is 2.39. The summed E-state index contributed by atoms with van der Waals surface area (Å²) in [4.78, 5) is 0. The second kappa shape index (κ2) is 6.39. The molecule has 0 aromatic heterocycles. The number of rotatable bonds is 4. The van der Waals surface area contributed by atoms with E-state index in [2.05, 4.69) is 26.0 Å². The molecule has 112 valence electrons. The van der Waals surface area contributed by atoms with Gasteiger partial charge >= 0.3 is 6.36 Å². The standard InChI is InChI=1S/C15H13BrF3NO/c1-10(11-3-2-4-12(16)9-11)20-13-5-7-14(8-6-13)21-15(17,18)19/h2-10,20H,1H3. The summed E-state index contributed by atoms with van der Waals surface area (Å²) in [6.07, 6.45) is -4.67. The number of hydrogen-bond donors (Lipinski definition) is 1. The molecule has 0 saturated heterocycles. The molecule has 0 amide bonds. The first kappa shape index (κ1) is 15.7. The SMILES string of the molecule is CC(Nc1ccc(OC(F)(F)F)cc1)c1cccc(Br)c1. The molecule has 1 unspecified atom stereocenters. The Morgan fingerprint density at radius 2 is 1.76 bits per heavy atom. The summed E-state index contributed by atoms with van der Waals surface area (Å²) in [6, 6.07) is 13.5. The van der Waals surface area contributed by atoms with Gasteiger partial charge in [-0.05, 0) is 48.9 Å². The van der Waals surface area contributed by atoms with Crippen LogP contribution < -0.4 is 10.1 Å². The fourth-order valence-corrected chi connectivity index (χ4v) is 2.28. The Balaban J connectivity index is 2.03. The third kappa shape index (κ3) is 4.97. The predicted octanol–water partition coefficient (Wildman–Crippen LogP) is 5.52. The Labute approximate surface area is 129 Å². The van der Waals surface area contributed by atoms with Gasteiger partial charge in [-0.1, -0.05) is 28.1 Å². The smallest absolute Gasteiger partial charge is 0.406 e. The summed E-state index contributed by atoms with van der Waals surface area (Å²) in [7, 11) is 0. The van der Waals surface area contributed by atoms with E-state index in [1.165, 1.54) is 12.1 Å². The summed E-state index contributed by atoms with van der Waals surface area (Å²) in [5, 5.41) is 3.22. The molecule has 2 rings (SSSR count). The minimum atomic E-state index is -4.67. The Morgan fingerprint density at radius 3 is 2.33 bits per heavy atom. The highest BCUT2D eigenvalue weighted by Crippen LogP contribution is 2.26. The lowest BCUT2D eigenvalue weighted by atomic mass is 10.1. The van der Waals surface area contributed by atoms with E-state index < -0.39 is 6.36 Å². The first-order valence-electron chi connectivity index (χ1n) is 6.21. The summed E-state index contributed by atoms with van der Waals surface area (Å²) in [5.41, 5.74) is 1.79. The summed E-state index contributed by atoms with van der Waals surface area (Å²) >= 11 is 3.40. The van der Waals surface area contributed by atoms with Gasteiger partial charge in [-0.15, -0.1) is 13.2 Å². The number of anilines is 1. The van der Waals surface area contributed by atoms with E-state index in [9.17, 15) is 13.2 Å². The van der Waals surface area contributed by atoms with Gasteiger partial charge in [0.1, 0.15) is 5.75 Å². The van der Waals surface area contributed by atoms with Gasteiger partial charge in [0.25, 0.3) is 0 Å². The summed E-state index contributed by atoms with van der Waals surface area (Å²) < 4.78 is 41.0. The highest BCUT2D eigenvalue weighted by atomic mass is 79.9. The van der Waals surface area contributed by atoms with E-state index in [0.717, 1.165) is 15.7 Å². The van der Waals surface area contributed by atoms with Crippen LogP contribution in [0.15, 0.2) is 53.0 Å². The molecule has 1 atom stereocenters. The molecule has 2 aromatic carbocycles.